The number of halogens is 1. The van der Waals surface area contributed by atoms with Crippen LogP contribution in [-0.4, -0.2) is 27.8 Å². The molecular weight excluding hydrogens is 459 g/mol. The van der Waals surface area contributed by atoms with Crippen LogP contribution in [-0.2, 0) is 16.8 Å². The second-order valence-corrected chi connectivity index (χ2v) is 10.2. The Morgan fingerprint density at radius 2 is 1.89 bits per heavy atom. The molecule has 0 saturated carbocycles. The molecule has 0 spiro atoms. The second kappa shape index (κ2) is 10.5. The van der Waals surface area contributed by atoms with Crippen LogP contribution in [0, 0.1) is 12.7 Å². The Labute approximate surface area is 210 Å². The molecule has 1 heterocycles. The molecule has 190 valence electrons. The molecule has 0 aliphatic carbocycles. The Balaban J connectivity index is 1.82. The molecule has 3 rings (SSSR count). The third-order valence-corrected chi connectivity index (χ3v) is 5.38. The molecule has 0 unspecified atom stereocenters. The van der Waals surface area contributed by atoms with Crippen molar-refractivity contribution in [2.75, 3.05) is 0 Å². The monoisotopic (exact) mass is 492 g/mol. The van der Waals surface area contributed by atoms with Crippen LogP contribution in [0.5, 0.6) is 11.5 Å². The standard InChI is InChI=1S/C28H33FN4O3/c1-17-11-18(12-26(34)33-20(15-30)16-32-27(2,3)4)22(29)14-25(17)36-24-9-10-31-23-8-7-19(13-21(23)24)28(5,6)35/h7-11,13-16,35H,12,30H2,1-6H3,(H,33,34)/b20-15+,32-16?. The third kappa shape index (κ3) is 6.88. The van der Waals surface area contributed by atoms with Crippen molar-refractivity contribution in [3.05, 3.63) is 77.0 Å². The maximum atomic E-state index is 15.0. The van der Waals surface area contributed by atoms with E-state index in [0.29, 0.717) is 39.2 Å². The van der Waals surface area contributed by atoms with Crippen molar-refractivity contribution in [2.45, 2.75) is 59.1 Å². The summed E-state index contributed by atoms with van der Waals surface area (Å²) >= 11 is 0. The molecule has 36 heavy (non-hydrogen) atoms. The molecule has 2 aromatic carbocycles. The summed E-state index contributed by atoms with van der Waals surface area (Å²) in [5.41, 5.74) is 6.83. The van der Waals surface area contributed by atoms with Crippen molar-refractivity contribution in [1.82, 2.24) is 10.3 Å². The number of aliphatic imine (C=N–C) groups is 1. The summed E-state index contributed by atoms with van der Waals surface area (Å²) in [6.07, 6.45) is 4.16. The van der Waals surface area contributed by atoms with Gasteiger partial charge >= 0.3 is 0 Å². The quantitative estimate of drug-likeness (QED) is 0.401. The number of pyridine rings is 1. The predicted octanol–water partition coefficient (Wildman–Crippen LogP) is 5.03. The number of nitrogens with zero attached hydrogens (tertiary/aromatic N) is 2. The fourth-order valence-electron chi connectivity index (χ4n) is 3.44. The van der Waals surface area contributed by atoms with Gasteiger partial charge in [0.25, 0.3) is 0 Å². The van der Waals surface area contributed by atoms with Crippen LogP contribution in [0.15, 0.2) is 59.5 Å². The molecule has 0 aliphatic heterocycles. The van der Waals surface area contributed by atoms with Crippen LogP contribution in [0.25, 0.3) is 10.9 Å². The maximum absolute atomic E-state index is 15.0. The number of allylic oxidation sites excluding steroid dienone is 1. The van der Waals surface area contributed by atoms with Crippen LogP contribution >= 0.6 is 0 Å². The Kier molecular flexibility index (Phi) is 7.79. The maximum Gasteiger partial charge on any atom is 0.228 e. The van der Waals surface area contributed by atoms with Crippen molar-refractivity contribution in [3.8, 4) is 11.5 Å². The number of carbonyl (C=O) groups is 1. The van der Waals surface area contributed by atoms with Crippen molar-refractivity contribution >= 4 is 23.0 Å². The molecule has 4 N–H and O–H groups in total. The van der Waals surface area contributed by atoms with Crippen LogP contribution in [0.4, 0.5) is 4.39 Å². The minimum absolute atomic E-state index is 0.180. The highest BCUT2D eigenvalue weighted by Gasteiger charge is 2.18. The molecule has 7 nitrogen and oxygen atoms in total. The van der Waals surface area contributed by atoms with E-state index >= 15 is 0 Å². The van der Waals surface area contributed by atoms with Gasteiger partial charge in [-0.3, -0.25) is 14.8 Å². The summed E-state index contributed by atoms with van der Waals surface area (Å²) in [5, 5.41) is 13.7. The predicted molar refractivity (Wildman–Crippen MR) is 141 cm³/mol. The van der Waals surface area contributed by atoms with E-state index in [-0.39, 0.29) is 17.5 Å². The number of nitrogens with two attached hydrogens (primary N) is 1. The van der Waals surface area contributed by atoms with Crippen LogP contribution < -0.4 is 15.8 Å². The van der Waals surface area contributed by atoms with Gasteiger partial charge in [-0.25, -0.2) is 4.39 Å². The zero-order valence-corrected chi connectivity index (χ0v) is 21.5. The average molecular weight is 493 g/mol. The van der Waals surface area contributed by atoms with E-state index in [4.69, 9.17) is 10.5 Å². The first kappa shape index (κ1) is 26.8. The first-order chi connectivity index (χ1) is 16.8. The number of nitrogens with one attached hydrogen (secondary N) is 1. The summed E-state index contributed by atoms with van der Waals surface area (Å²) in [6, 6.07) is 9.98. The first-order valence-corrected chi connectivity index (χ1v) is 11.6. The summed E-state index contributed by atoms with van der Waals surface area (Å²) in [4.78, 5) is 21.2. The number of aryl methyl sites for hydroxylation is 1. The van der Waals surface area contributed by atoms with Gasteiger partial charge in [0.1, 0.15) is 17.3 Å². The fourth-order valence-corrected chi connectivity index (χ4v) is 3.44. The van der Waals surface area contributed by atoms with Gasteiger partial charge in [-0.05, 0) is 82.5 Å². The highest BCUT2D eigenvalue weighted by atomic mass is 19.1. The van der Waals surface area contributed by atoms with Crippen molar-refractivity contribution in [2.24, 2.45) is 10.7 Å². The van der Waals surface area contributed by atoms with Gasteiger partial charge in [-0.2, -0.15) is 0 Å². The SMILES string of the molecule is Cc1cc(CC(=O)N/C(C=NC(C)(C)C)=C/N)c(F)cc1Oc1ccnc2ccc(C(C)(C)O)cc12. The third-order valence-electron chi connectivity index (χ3n) is 5.38. The molecule has 0 aliphatic rings. The number of carbonyl (C=O) groups excluding carboxylic acids is 1. The van der Waals surface area contributed by atoms with E-state index < -0.39 is 17.3 Å². The van der Waals surface area contributed by atoms with E-state index in [0.717, 1.165) is 0 Å². The molecule has 0 fully saturated rings. The Morgan fingerprint density at radius 1 is 1.17 bits per heavy atom. The zero-order chi connectivity index (χ0) is 26.7. The lowest BCUT2D eigenvalue weighted by Gasteiger charge is -2.19. The minimum Gasteiger partial charge on any atom is -0.456 e. The van der Waals surface area contributed by atoms with E-state index in [9.17, 15) is 14.3 Å². The minimum atomic E-state index is -1.04. The molecule has 0 bridgehead atoms. The van der Waals surface area contributed by atoms with Gasteiger partial charge in [-0.15, -0.1) is 0 Å². The van der Waals surface area contributed by atoms with Crippen LogP contribution in [0.3, 0.4) is 0 Å². The zero-order valence-electron chi connectivity index (χ0n) is 21.5. The van der Waals surface area contributed by atoms with Crippen LogP contribution in [0.2, 0.25) is 0 Å². The Hall–Kier alpha value is -3.78. The molecule has 1 amide bonds. The van der Waals surface area contributed by atoms with Crippen molar-refractivity contribution < 1.29 is 19.0 Å². The first-order valence-electron chi connectivity index (χ1n) is 11.6. The lowest BCUT2D eigenvalue weighted by molar-refractivity contribution is -0.119. The Morgan fingerprint density at radius 3 is 2.53 bits per heavy atom. The molecule has 3 aromatic rings. The average Bonchev–Trinajstić information content (AvgIpc) is 2.78. The Bertz CT molecular complexity index is 1340. The van der Waals surface area contributed by atoms with Gasteiger partial charge in [0.15, 0.2) is 0 Å². The summed E-state index contributed by atoms with van der Waals surface area (Å²) in [6.45, 7) is 10.9. The number of ether oxygens (including phenoxy) is 1. The molecular formula is C28H33FN4O3. The smallest absolute Gasteiger partial charge is 0.228 e. The molecule has 0 radical (unpaired) electrons. The van der Waals surface area contributed by atoms with Gasteiger partial charge in [0.05, 0.1) is 28.8 Å². The highest BCUT2D eigenvalue weighted by Crippen LogP contribution is 2.34. The van der Waals surface area contributed by atoms with E-state index in [1.807, 2.05) is 32.9 Å². The van der Waals surface area contributed by atoms with E-state index in [1.165, 1.54) is 18.5 Å². The summed E-state index contributed by atoms with van der Waals surface area (Å²) in [5.74, 6) is -0.186. The normalized spacial score (nSPS) is 12.8. The molecule has 1 aromatic heterocycles. The summed E-state index contributed by atoms with van der Waals surface area (Å²) in [7, 11) is 0. The number of hydrogen-bond acceptors (Lipinski definition) is 6. The number of hydrogen-bond donors (Lipinski definition) is 3. The number of rotatable bonds is 7. The highest BCUT2D eigenvalue weighted by molar-refractivity contribution is 5.89. The topological polar surface area (TPSA) is 110 Å². The number of benzene rings is 2. The molecule has 0 saturated heterocycles. The molecule has 8 heteroatoms. The van der Waals surface area contributed by atoms with Crippen molar-refractivity contribution in [3.63, 3.8) is 0 Å². The van der Waals surface area contributed by atoms with Crippen molar-refractivity contribution in [1.29, 1.82) is 0 Å². The van der Waals surface area contributed by atoms with Gasteiger partial charge in [-0.1, -0.05) is 6.07 Å². The largest absolute Gasteiger partial charge is 0.456 e. The van der Waals surface area contributed by atoms with E-state index in [2.05, 4.69) is 15.3 Å². The number of aliphatic hydroxyl groups is 1. The number of fused-ring (bicyclic) bond motifs is 1. The number of amides is 1. The van der Waals surface area contributed by atoms with Gasteiger partial charge < -0.3 is 20.9 Å². The second-order valence-electron chi connectivity index (χ2n) is 10.2. The van der Waals surface area contributed by atoms with Gasteiger partial charge in [0.2, 0.25) is 5.91 Å². The van der Waals surface area contributed by atoms with E-state index in [1.54, 1.807) is 45.2 Å². The lowest BCUT2D eigenvalue weighted by atomic mass is 9.96. The summed E-state index contributed by atoms with van der Waals surface area (Å²) < 4.78 is 21.1. The number of aromatic nitrogens is 1. The molecule has 0 atom stereocenters. The van der Waals surface area contributed by atoms with Crippen LogP contribution in [0.1, 0.15) is 51.3 Å². The van der Waals surface area contributed by atoms with Gasteiger partial charge in [0, 0.05) is 30.1 Å². The lowest BCUT2D eigenvalue weighted by Crippen LogP contribution is -2.27. The fraction of sp³-hybridized carbons (Fsp3) is 0.321.